The summed E-state index contributed by atoms with van der Waals surface area (Å²) in [5, 5.41) is 12.4. The van der Waals surface area contributed by atoms with E-state index in [1.54, 1.807) is 0 Å². The fraction of sp³-hybridized carbons (Fsp3) is 0.0455. The van der Waals surface area contributed by atoms with Crippen molar-refractivity contribution in [1.82, 2.24) is 9.97 Å². The number of pyridine rings is 2. The zero-order valence-corrected chi connectivity index (χ0v) is 25.2. The van der Waals surface area contributed by atoms with Gasteiger partial charge < -0.3 is 0 Å². The number of hydrogen-bond donors (Lipinski definition) is 0. The first kappa shape index (κ1) is 25.5. The highest BCUT2D eigenvalue weighted by Gasteiger charge is 2.23. The number of rotatable bonds is 2. The van der Waals surface area contributed by atoms with Gasteiger partial charge in [0.1, 0.15) is 0 Å². The van der Waals surface area contributed by atoms with Crippen molar-refractivity contribution in [3.63, 3.8) is 0 Å². The van der Waals surface area contributed by atoms with Crippen molar-refractivity contribution in [2.45, 2.75) is 12.8 Å². The van der Waals surface area contributed by atoms with Gasteiger partial charge in [-0.3, -0.25) is 9.97 Å². The molecule has 2 nitrogen and oxygen atoms in total. The third-order valence-electron chi connectivity index (χ3n) is 9.91. The standard InChI is InChI=1S/C44H28N2/c1-3-15-32-27(11-1)23-29-13-9-21-45-43(29)41(32)38-25-31-26-39(35-18-6-8-20-37(35)40(31)36-19-7-5-17-34(36)38)42-33-16-4-2-12-28(33)24-30-14-10-22-46-44(30)42/h1-5,7-17,19-26H,6,18H2. The Kier molecular flexibility index (Phi) is 5.44. The van der Waals surface area contributed by atoms with Crippen molar-refractivity contribution >= 4 is 71.0 Å². The smallest absolute Gasteiger partial charge is 0.0786 e. The van der Waals surface area contributed by atoms with Crippen LogP contribution in [-0.2, 0) is 6.42 Å². The Morgan fingerprint density at radius 2 is 1.00 bits per heavy atom. The van der Waals surface area contributed by atoms with Gasteiger partial charge in [-0.1, -0.05) is 97.1 Å². The summed E-state index contributed by atoms with van der Waals surface area (Å²) in [4.78, 5) is 9.97. The molecule has 2 aromatic heterocycles. The summed E-state index contributed by atoms with van der Waals surface area (Å²) in [6.07, 6.45) is 10.6. The van der Waals surface area contributed by atoms with E-state index in [9.17, 15) is 0 Å². The van der Waals surface area contributed by atoms with Crippen molar-refractivity contribution < 1.29 is 0 Å². The lowest BCUT2D eigenvalue weighted by Gasteiger charge is -2.23. The number of nitrogens with zero attached hydrogens (tertiary/aromatic N) is 2. The minimum Gasteiger partial charge on any atom is -0.256 e. The maximum absolute atomic E-state index is 4.99. The number of benzene rings is 7. The van der Waals surface area contributed by atoms with E-state index >= 15 is 0 Å². The molecule has 0 N–H and O–H groups in total. The molecule has 214 valence electrons. The quantitative estimate of drug-likeness (QED) is 0.149. The second kappa shape index (κ2) is 9.82. The Morgan fingerprint density at radius 3 is 1.67 bits per heavy atom. The van der Waals surface area contributed by atoms with Gasteiger partial charge >= 0.3 is 0 Å². The number of allylic oxidation sites excluding steroid dienone is 1. The molecule has 46 heavy (non-hydrogen) atoms. The summed E-state index contributed by atoms with van der Waals surface area (Å²) >= 11 is 0. The molecule has 7 aromatic carbocycles. The van der Waals surface area contributed by atoms with Crippen molar-refractivity contribution in [1.29, 1.82) is 0 Å². The Labute approximate surface area is 266 Å². The molecular formula is C44H28N2. The molecule has 9 aromatic rings. The summed E-state index contributed by atoms with van der Waals surface area (Å²) in [7, 11) is 0. The second-order valence-electron chi connectivity index (χ2n) is 12.4. The topological polar surface area (TPSA) is 25.8 Å². The third kappa shape index (κ3) is 3.64. The van der Waals surface area contributed by atoms with Crippen molar-refractivity contribution in [2.75, 3.05) is 0 Å². The van der Waals surface area contributed by atoms with E-state index in [0.717, 1.165) is 29.3 Å². The van der Waals surface area contributed by atoms with E-state index < -0.39 is 0 Å². The SMILES string of the molecule is C1=Cc2c(c(-c3c4ccccc4cc4cccnc34)cc3cc(-c4c5ccccc5cc5cccnc45)c4ccccc4c23)CC1. The minimum atomic E-state index is 1.00. The van der Waals surface area contributed by atoms with Gasteiger partial charge in [0.05, 0.1) is 11.0 Å². The molecule has 2 heterocycles. The lowest BCUT2D eigenvalue weighted by molar-refractivity contribution is 0.993. The Morgan fingerprint density at radius 1 is 0.457 bits per heavy atom. The number of fused-ring (bicyclic) bond motifs is 9. The predicted molar refractivity (Wildman–Crippen MR) is 195 cm³/mol. The lowest BCUT2D eigenvalue weighted by atomic mass is 9.81. The van der Waals surface area contributed by atoms with Gasteiger partial charge in [0.15, 0.2) is 0 Å². The van der Waals surface area contributed by atoms with Crippen LogP contribution in [0.2, 0.25) is 0 Å². The molecule has 10 rings (SSSR count). The third-order valence-corrected chi connectivity index (χ3v) is 9.91. The van der Waals surface area contributed by atoms with E-state index in [1.807, 2.05) is 24.5 Å². The largest absolute Gasteiger partial charge is 0.256 e. The van der Waals surface area contributed by atoms with E-state index in [-0.39, 0.29) is 0 Å². The summed E-state index contributed by atoms with van der Waals surface area (Å²) in [5.74, 6) is 0. The van der Waals surface area contributed by atoms with Crippen molar-refractivity contribution in [3.05, 3.63) is 151 Å². The van der Waals surface area contributed by atoms with E-state index in [1.165, 1.54) is 81.9 Å². The van der Waals surface area contributed by atoms with Crippen LogP contribution < -0.4 is 0 Å². The van der Waals surface area contributed by atoms with Gasteiger partial charge in [0.25, 0.3) is 0 Å². The summed E-state index contributed by atoms with van der Waals surface area (Å²) in [6.45, 7) is 0. The number of aromatic nitrogens is 2. The molecule has 0 fully saturated rings. The average molecular weight is 585 g/mol. The van der Waals surface area contributed by atoms with Crippen molar-refractivity contribution in [2.24, 2.45) is 0 Å². The first-order valence-corrected chi connectivity index (χ1v) is 16.0. The Balaban J connectivity index is 1.41. The Hall–Kier alpha value is -5.86. The molecule has 0 unspecified atom stereocenters. The van der Waals surface area contributed by atoms with Crippen LogP contribution in [0.1, 0.15) is 17.5 Å². The minimum absolute atomic E-state index is 1.00. The average Bonchev–Trinajstić information content (AvgIpc) is 3.12. The van der Waals surface area contributed by atoms with Crippen molar-refractivity contribution in [3.8, 4) is 22.3 Å². The monoisotopic (exact) mass is 584 g/mol. The fourth-order valence-corrected chi connectivity index (χ4v) is 7.98. The van der Waals surface area contributed by atoms with E-state index in [0.29, 0.717) is 0 Å². The van der Waals surface area contributed by atoms with Crippen LogP contribution in [0.5, 0.6) is 0 Å². The molecule has 1 aliphatic rings. The van der Waals surface area contributed by atoms with Crippen LogP contribution in [0.3, 0.4) is 0 Å². The van der Waals surface area contributed by atoms with Crippen LogP contribution in [0.25, 0.3) is 93.2 Å². The molecular weight excluding hydrogens is 556 g/mol. The predicted octanol–water partition coefficient (Wildman–Crippen LogP) is 11.7. The molecule has 0 amide bonds. The molecule has 0 spiro atoms. The van der Waals surface area contributed by atoms with E-state index in [4.69, 9.17) is 9.97 Å². The molecule has 0 saturated carbocycles. The highest BCUT2D eigenvalue weighted by molar-refractivity contribution is 6.23. The number of hydrogen-bond acceptors (Lipinski definition) is 2. The first-order chi connectivity index (χ1) is 22.8. The highest BCUT2D eigenvalue weighted by atomic mass is 14.7. The van der Waals surface area contributed by atoms with Gasteiger partial charge in [-0.2, -0.15) is 0 Å². The molecule has 0 bridgehead atoms. The fourth-order valence-electron chi connectivity index (χ4n) is 7.98. The first-order valence-electron chi connectivity index (χ1n) is 16.0. The maximum Gasteiger partial charge on any atom is 0.0786 e. The molecule has 0 radical (unpaired) electrons. The maximum atomic E-state index is 4.99. The van der Waals surface area contributed by atoms with Crippen LogP contribution in [0.4, 0.5) is 0 Å². The van der Waals surface area contributed by atoms with Gasteiger partial charge in [-0.05, 0) is 115 Å². The van der Waals surface area contributed by atoms with Gasteiger partial charge in [-0.25, -0.2) is 0 Å². The molecule has 0 saturated heterocycles. The second-order valence-corrected chi connectivity index (χ2v) is 12.4. The molecule has 0 atom stereocenters. The van der Waals surface area contributed by atoms with E-state index in [2.05, 4.69) is 121 Å². The molecule has 0 aliphatic heterocycles. The normalized spacial score (nSPS) is 13.0. The van der Waals surface area contributed by atoms with Crippen LogP contribution in [-0.4, -0.2) is 9.97 Å². The summed E-state index contributed by atoms with van der Waals surface area (Å²) in [5.41, 5.74) is 9.76. The van der Waals surface area contributed by atoms with Gasteiger partial charge in [-0.15, -0.1) is 0 Å². The highest BCUT2D eigenvalue weighted by Crippen LogP contribution is 2.47. The zero-order chi connectivity index (χ0) is 30.2. The summed E-state index contributed by atoms with van der Waals surface area (Å²) in [6, 6.07) is 44.3. The molecule has 1 aliphatic carbocycles. The van der Waals surface area contributed by atoms with Gasteiger partial charge in [0, 0.05) is 34.3 Å². The lowest BCUT2D eigenvalue weighted by Crippen LogP contribution is -2.01. The molecule has 2 heteroatoms. The van der Waals surface area contributed by atoms with Crippen LogP contribution in [0.15, 0.2) is 140 Å². The summed E-state index contributed by atoms with van der Waals surface area (Å²) < 4.78 is 0. The van der Waals surface area contributed by atoms with Crippen LogP contribution in [0, 0.1) is 0 Å². The van der Waals surface area contributed by atoms with Crippen LogP contribution >= 0.6 is 0 Å². The Bertz CT molecular complexity index is 2640. The zero-order valence-electron chi connectivity index (χ0n) is 25.2. The van der Waals surface area contributed by atoms with Gasteiger partial charge in [0.2, 0.25) is 0 Å².